The van der Waals surface area contributed by atoms with Crippen molar-refractivity contribution in [2.24, 2.45) is 0 Å². The third-order valence-electron chi connectivity index (χ3n) is 3.03. The highest BCUT2D eigenvalue weighted by molar-refractivity contribution is 7.99. The van der Waals surface area contributed by atoms with Crippen LogP contribution in [0.2, 0.25) is 0 Å². The third kappa shape index (κ3) is 3.03. The van der Waals surface area contributed by atoms with Crippen LogP contribution in [0.4, 0.5) is 4.39 Å². The zero-order chi connectivity index (χ0) is 13.1. The first-order chi connectivity index (χ1) is 8.58. The number of phenols is 1. The highest BCUT2D eigenvalue weighted by Gasteiger charge is 2.17. The van der Waals surface area contributed by atoms with Crippen LogP contribution in [0, 0.1) is 5.82 Å². The van der Waals surface area contributed by atoms with Gasteiger partial charge >= 0.3 is 0 Å². The maximum atomic E-state index is 13.4. The van der Waals surface area contributed by atoms with Crippen molar-refractivity contribution in [3.8, 4) is 5.75 Å². The number of hydrogen-bond donors (Lipinski definition) is 1. The number of phenolic OH excluding ortho intramolecular Hbond substituents is 1. The SMILES string of the molecule is CC(=O)c1cc(F)cc(CN2CCSCC2)c1O. The van der Waals surface area contributed by atoms with Gasteiger partial charge in [0.25, 0.3) is 0 Å². The molecule has 0 spiro atoms. The van der Waals surface area contributed by atoms with E-state index in [1.807, 2.05) is 11.8 Å². The molecule has 0 unspecified atom stereocenters. The van der Waals surface area contributed by atoms with E-state index in [0.29, 0.717) is 12.1 Å². The second kappa shape index (κ2) is 5.71. The molecule has 1 aliphatic heterocycles. The minimum atomic E-state index is -0.473. The molecule has 2 rings (SSSR count). The zero-order valence-corrected chi connectivity index (χ0v) is 11.1. The average molecular weight is 269 g/mol. The molecule has 1 saturated heterocycles. The van der Waals surface area contributed by atoms with Crippen molar-refractivity contribution in [2.45, 2.75) is 13.5 Å². The summed E-state index contributed by atoms with van der Waals surface area (Å²) in [6.45, 7) is 3.67. The summed E-state index contributed by atoms with van der Waals surface area (Å²) < 4.78 is 13.4. The second-order valence-corrected chi connectivity index (χ2v) is 5.63. The van der Waals surface area contributed by atoms with Gasteiger partial charge in [-0.15, -0.1) is 0 Å². The smallest absolute Gasteiger partial charge is 0.163 e. The third-order valence-corrected chi connectivity index (χ3v) is 3.97. The van der Waals surface area contributed by atoms with Crippen molar-refractivity contribution in [3.05, 3.63) is 29.1 Å². The van der Waals surface area contributed by atoms with E-state index >= 15 is 0 Å². The molecule has 1 aromatic carbocycles. The first kappa shape index (κ1) is 13.4. The molecule has 0 aliphatic carbocycles. The van der Waals surface area contributed by atoms with Crippen molar-refractivity contribution >= 4 is 17.5 Å². The highest BCUT2D eigenvalue weighted by Crippen LogP contribution is 2.26. The highest BCUT2D eigenvalue weighted by atomic mass is 32.2. The van der Waals surface area contributed by atoms with Gasteiger partial charge in [-0.1, -0.05) is 0 Å². The maximum Gasteiger partial charge on any atom is 0.163 e. The Labute approximate surface area is 110 Å². The van der Waals surface area contributed by atoms with Crippen LogP contribution < -0.4 is 0 Å². The fourth-order valence-electron chi connectivity index (χ4n) is 2.04. The molecular weight excluding hydrogens is 253 g/mol. The number of rotatable bonds is 3. The molecule has 98 valence electrons. The Kier molecular flexibility index (Phi) is 4.24. The van der Waals surface area contributed by atoms with Crippen molar-refractivity contribution in [3.63, 3.8) is 0 Å². The van der Waals surface area contributed by atoms with E-state index in [1.54, 1.807) is 0 Å². The maximum absolute atomic E-state index is 13.4. The quantitative estimate of drug-likeness (QED) is 0.855. The van der Waals surface area contributed by atoms with Crippen LogP contribution in [0.3, 0.4) is 0 Å². The molecule has 0 radical (unpaired) electrons. The number of thioether (sulfide) groups is 1. The lowest BCUT2D eigenvalue weighted by Gasteiger charge is -2.26. The number of ketones is 1. The molecule has 3 nitrogen and oxygen atoms in total. The Hall–Kier alpha value is -1.07. The first-order valence-corrected chi connectivity index (χ1v) is 7.06. The molecule has 0 bridgehead atoms. The van der Waals surface area contributed by atoms with Crippen molar-refractivity contribution in [1.29, 1.82) is 0 Å². The van der Waals surface area contributed by atoms with E-state index < -0.39 is 5.82 Å². The average Bonchev–Trinajstić information content (AvgIpc) is 2.34. The molecule has 5 heteroatoms. The molecule has 0 amide bonds. The number of benzene rings is 1. The Bertz CT molecular complexity index is 459. The molecule has 1 aromatic rings. The van der Waals surface area contributed by atoms with E-state index in [0.717, 1.165) is 30.7 Å². The minimum absolute atomic E-state index is 0.0661. The lowest BCUT2D eigenvalue weighted by Crippen LogP contribution is -2.32. The van der Waals surface area contributed by atoms with Gasteiger partial charge in [-0.2, -0.15) is 11.8 Å². The Morgan fingerprint density at radius 2 is 2.11 bits per heavy atom. The molecule has 0 atom stereocenters. The summed E-state index contributed by atoms with van der Waals surface area (Å²) in [4.78, 5) is 13.5. The largest absolute Gasteiger partial charge is 0.507 e. The zero-order valence-electron chi connectivity index (χ0n) is 10.3. The first-order valence-electron chi connectivity index (χ1n) is 5.90. The van der Waals surface area contributed by atoms with Crippen LogP contribution in [-0.4, -0.2) is 40.4 Å². The van der Waals surface area contributed by atoms with E-state index in [4.69, 9.17) is 0 Å². The summed E-state index contributed by atoms with van der Waals surface area (Å²) >= 11 is 1.89. The number of nitrogens with zero attached hydrogens (tertiary/aromatic N) is 1. The Morgan fingerprint density at radius 3 is 2.72 bits per heavy atom. The minimum Gasteiger partial charge on any atom is -0.507 e. The van der Waals surface area contributed by atoms with Gasteiger partial charge in [0.15, 0.2) is 5.78 Å². The van der Waals surface area contributed by atoms with Gasteiger partial charge in [0.2, 0.25) is 0 Å². The van der Waals surface area contributed by atoms with Crippen LogP contribution in [-0.2, 0) is 6.54 Å². The normalized spacial score (nSPS) is 16.8. The second-order valence-electron chi connectivity index (χ2n) is 4.41. The topological polar surface area (TPSA) is 40.5 Å². The summed E-state index contributed by atoms with van der Waals surface area (Å²) in [7, 11) is 0. The molecule has 0 saturated carbocycles. The van der Waals surface area contributed by atoms with Crippen LogP contribution in [0.15, 0.2) is 12.1 Å². The van der Waals surface area contributed by atoms with E-state index in [2.05, 4.69) is 4.90 Å². The van der Waals surface area contributed by atoms with Gasteiger partial charge in [-0.25, -0.2) is 4.39 Å². The number of Topliss-reactive ketones (excluding diaryl/α,β-unsaturated/α-hetero) is 1. The number of hydrogen-bond acceptors (Lipinski definition) is 4. The van der Waals surface area contributed by atoms with Crippen molar-refractivity contribution in [2.75, 3.05) is 24.6 Å². The standard InChI is InChI=1S/C13H16FNO2S/c1-9(16)12-7-11(14)6-10(13(12)17)8-15-2-4-18-5-3-15/h6-7,17H,2-5,8H2,1H3. The Balaban J connectivity index is 2.23. The molecule has 1 aliphatic rings. The summed E-state index contributed by atoms with van der Waals surface area (Å²) in [6, 6.07) is 2.40. The number of halogens is 1. The number of carbonyl (C=O) groups is 1. The van der Waals surface area contributed by atoms with E-state index in [1.165, 1.54) is 13.0 Å². The van der Waals surface area contributed by atoms with Crippen LogP contribution in [0.1, 0.15) is 22.8 Å². The monoisotopic (exact) mass is 269 g/mol. The molecular formula is C13H16FNO2S. The lowest BCUT2D eigenvalue weighted by atomic mass is 10.0. The fraction of sp³-hybridized carbons (Fsp3) is 0.462. The van der Waals surface area contributed by atoms with Gasteiger partial charge in [-0.05, 0) is 19.1 Å². The van der Waals surface area contributed by atoms with E-state index in [-0.39, 0.29) is 17.1 Å². The molecule has 1 heterocycles. The number of aromatic hydroxyl groups is 1. The van der Waals surface area contributed by atoms with Crippen LogP contribution in [0.25, 0.3) is 0 Å². The molecule has 0 aromatic heterocycles. The van der Waals surface area contributed by atoms with Gasteiger partial charge in [0, 0.05) is 36.7 Å². The van der Waals surface area contributed by atoms with Crippen molar-refractivity contribution in [1.82, 2.24) is 4.90 Å². The van der Waals surface area contributed by atoms with Gasteiger partial charge < -0.3 is 5.11 Å². The predicted octanol–water partition coefficient (Wildman–Crippen LogP) is 2.28. The van der Waals surface area contributed by atoms with Crippen LogP contribution in [0.5, 0.6) is 5.75 Å². The summed E-state index contributed by atoms with van der Waals surface area (Å²) in [5, 5.41) is 9.99. The van der Waals surface area contributed by atoms with Gasteiger partial charge in [0.05, 0.1) is 5.56 Å². The van der Waals surface area contributed by atoms with Gasteiger partial charge in [0.1, 0.15) is 11.6 Å². The summed E-state index contributed by atoms with van der Waals surface area (Å²) in [5.74, 6) is 1.23. The molecule has 1 fully saturated rings. The fourth-order valence-corrected chi connectivity index (χ4v) is 3.02. The molecule has 1 N–H and O–H groups in total. The van der Waals surface area contributed by atoms with Crippen LogP contribution >= 0.6 is 11.8 Å². The Morgan fingerprint density at radius 1 is 1.44 bits per heavy atom. The van der Waals surface area contributed by atoms with Crippen molar-refractivity contribution < 1.29 is 14.3 Å². The van der Waals surface area contributed by atoms with Gasteiger partial charge in [-0.3, -0.25) is 9.69 Å². The summed E-state index contributed by atoms with van der Waals surface area (Å²) in [6.07, 6.45) is 0. The molecule has 18 heavy (non-hydrogen) atoms. The number of carbonyl (C=O) groups excluding carboxylic acids is 1. The predicted molar refractivity (Wildman–Crippen MR) is 70.7 cm³/mol. The van der Waals surface area contributed by atoms with E-state index in [9.17, 15) is 14.3 Å². The lowest BCUT2D eigenvalue weighted by molar-refractivity contribution is 0.101. The summed E-state index contributed by atoms with van der Waals surface area (Å²) in [5.41, 5.74) is 0.559.